The zero-order valence-electron chi connectivity index (χ0n) is 15.6. The van der Waals surface area contributed by atoms with Crippen LogP contribution in [0.1, 0.15) is 0 Å². The van der Waals surface area contributed by atoms with Crippen LogP contribution < -0.4 is 9.79 Å². The Morgan fingerprint density at radius 2 is 1.97 bits per heavy atom. The van der Waals surface area contributed by atoms with E-state index < -0.39 is 18.1 Å². The molecule has 1 amide bonds. The Bertz CT molecular complexity index is 853. The first-order valence-electron chi connectivity index (χ1n) is 7.74. The van der Waals surface area contributed by atoms with E-state index >= 15 is 0 Å². The largest absolute Gasteiger partial charge is 0.542 e. The fourth-order valence-electron chi connectivity index (χ4n) is 1.69. The summed E-state index contributed by atoms with van der Waals surface area (Å²) in [6.45, 7) is -0.0603. The van der Waals surface area contributed by atoms with Crippen LogP contribution in [0.4, 0.5) is 13.2 Å². The minimum atomic E-state index is -5.19. The molecule has 29 heavy (non-hydrogen) atoms. The maximum absolute atomic E-state index is 12.0. The van der Waals surface area contributed by atoms with Crippen molar-refractivity contribution in [2.75, 3.05) is 20.7 Å². The van der Waals surface area contributed by atoms with Crippen LogP contribution in [0, 0.1) is 0 Å². The Kier molecular flexibility index (Phi) is 8.17. The van der Waals surface area contributed by atoms with Crippen molar-refractivity contribution >= 4 is 17.8 Å². The zero-order chi connectivity index (χ0) is 22.2. The number of esters is 1. The number of hydrogen-bond donors (Lipinski definition) is 0. The lowest BCUT2D eigenvalue weighted by Gasteiger charge is -2.12. The summed E-state index contributed by atoms with van der Waals surface area (Å²) in [5.74, 6) is -3.15. The van der Waals surface area contributed by atoms with E-state index in [1.165, 1.54) is 23.7 Å². The number of aromatic nitrogens is 5. The van der Waals surface area contributed by atoms with Gasteiger partial charge in [0.2, 0.25) is 0 Å². The molecule has 158 valence electrons. The molecule has 0 bridgehead atoms. The summed E-state index contributed by atoms with van der Waals surface area (Å²) < 4.78 is 39.1. The standard InChI is InChI=1S/C13H17N6O3.C2HF3O2/c1-17(8-12(21)22-3)11(20)7-19-5-4-10(6-15-19)13-14-9-18(2)16-13;3-2(4,5)1(6)7/h4-6,9H,7-8H2,1-3H3;(H,6,7)/q+1;/p-1. The van der Waals surface area contributed by atoms with E-state index in [1.54, 1.807) is 36.5 Å². The average molecular weight is 418 g/mol. The van der Waals surface area contributed by atoms with Crippen molar-refractivity contribution in [2.24, 2.45) is 7.05 Å². The fourth-order valence-corrected chi connectivity index (χ4v) is 1.69. The van der Waals surface area contributed by atoms with E-state index in [1.807, 2.05) is 0 Å². The van der Waals surface area contributed by atoms with E-state index in [0.717, 1.165) is 5.56 Å². The van der Waals surface area contributed by atoms with Gasteiger partial charge in [0.25, 0.3) is 12.5 Å². The van der Waals surface area contributed by atoms with Crippen molar-refractivity contribution in [2.45, 2.75) is 12.7 Å². The highest BCUT2D eigenvalue weighted by atomic mass is 19.4. The number of aliphatic carboxylic acids is 1. The second kappa shape index (κ2) is 10.1. The highest BCUT2D eigenvalue weighted by Gasteiger charge is 2.28. The van der Waals surface area contributed by atoms with Crippen LogP contribution in [0.5, 0.6) is 0 Å². The Hall–Kier alpha value is -3.58. The summed E-state index contributed by atoms with van der Waals surface area (Å²) in [5, 5.41) is 17.1. The van der Waals surface area contributed by atoms with Gasteiger partial charge >= 0.3 is 12.1 Å². The molecular formula is C15H17F3N6O5. The number of ether oxygens (including phenoxy) is 1. The number of rotatable bonds is 5. The molecule has 2 aromatic rings. The highest BCUT2D eigenvalue weighted by molar-refractivity contribution is 5.80. The Balaban J connectivity index is 0.000000516. The van der Waals surface area contributed by atoms with Gasteiger partial charge in [0.05, 0.1) is 12.7 Å². The highest BCUT2D eigenvalue weighted by Crippen LogP contribution is 2.11. The number of amides is 1. The minimum absolute atomic E-state index is 0.0312. The van der Waals surface area contributed by atoms with Gasteiger partial charge in [-0.05, 0) is 5.10 Å². The molecule has 0 aliphatic carbocycles. The molecule has 2 aromatic heterocycles. The normalized spacial score (nSPS) is 10.6. The third kappa shape index (κ3) is 7.90. The molecule has 0 aliphatic rings. The van der Waals surface area contributed by atoms with Crippen LogP contribution in [0.3, 0.4) is 0 Å². The first-order chi connectivity index (χ1) is 13.4. The van der Waals surface area contributed by atoms with Crippen LogP contribution in [0.15, 0.2) is 24.8 Å². The minimum Gasteiger partial charge on any atom is -0.542 e. The number of halogens is 3. The van der Waals surface area contributed by atoms with Crippen molar-refractivity contribution in [1.29, 1.82) is 0 Å². The van der Waals surface area contributed by atoms with Gasteiger partial charge in [0.15, 0.2) is 12.0 Å². The summed E-state index contributed by atoms with van der Waals surface area (Å²) >= 11 is 0. The maximum atomic E-state index is 12.0. The smallest absolute Gasteiger partial charge is 0.430 e. The monoisotopic (exact) mass is 418 g/mol. The summed E-state index contributed by atoms with van der Waals surface area (Å²) in [6, 6.07) is 1.77. The van der Waals surface area contributed by atoms with Crippen LogP contribution in [0.2, 0.25) is 0 Å². The molecule has 0 fully saturated rings. The van der Waals surface area contributed by atoms with Gasteiger partial charge in [-0.1, -0.05) is 4.68 Å². The molecule has 0 N–H and O–H groups in total. The van der Waals surface area contributed by atoms with Gasteiger partial charge in [-0.2, -0.15) is 18.3 Å². The molecule has 0 aromatic carbocycles. The van der Waals surface area contributed by atoms with Crippen molar-refractivity contribution < 1.29 is 42.1 Å². The summed E-state index contributed by atoms with van der Waals surface area (Å²) in [5.41, 5.74) is 0.757. The van der Waals surface area contributed by atoms with E-state index in [9.17, 15) is 22.8 Å². The van der Waals surface area contributed by atoms with E-state index in [2.05, 4.69) is 19.9 Å². The van der Waals surface area contributed by atoms with Crippen molar-refractivity contribution in [1.82, 2.24) is 24.8 Å². The van der Waals surface area contributed by atoms with Gasteiger partial charge < -0.3 is 19.5 Å². The van der Waals surface area contributed by atoms with Crippen LogP contribution in [-0.2, 0) is 32.7 Å². The molecule has 11 nitrogen and oxygen atoms in total. The number of alkyl halides is 3. The number of hydrogen-bond acceptors (Lipinski definition) is 8. The summed E-state index contributed by atoms with van der Waals surface area (Å²) in [7, 11) is 4.59. The third-order valence-corrected chi connectivity index (χ3v) is 3.18. The number of likely N-dealkylation sites (N-methyl/N-ethyl adjacent to an activating group) is 1. The van der Waals surface area contributed by atoms with Crippen molar-refractivity contribution in [3.8, 4) is 11.4 Å². The third-order valence-electron chi connectivity index (χ3n) is 3.18. The quantitative estimate of drug-likeness (QED) is 0.406. The van der Waals surface area contributed by atoms with Gasteiger partial charge in [-0.15, -0.1) is 0 Å². The fraction of sp³-hybridized carbons (Fsp3) is 0.400. The molecule has 0 atom stereocenters. The second-order valence-corrected chi connectivity index (χ2v) is 5.47. The number of carboxylic acid groups (broad SMARTS) is 1. The lowest BCUT2D eigenvalue weighted by atomic mass is 10.3. The number of aryl methyl sites for hydroxylation is 1. The van der Waals surface area contributed by atoms with Gasteiger partial charge in [0.1, 0.15) is 25.0 Å². The van der Waals surface area contributed by atoms with Gasteiger partial charge in [-0.3, -0.25) is 14.3 Å². The van der Waals surface area contributed by atoms with Crippen LogP contribution in [-0.4, -0.2) is 69.5 Å². The Labute approximate surface area is 162 Å². The van der Waals surface area contributed by atoms with Crippen LogP contribution >= 0.6 is 0 Å². The molecule has 0 saturated heterocycles. The van der Waals surface area contributed by atoms with Crippen molar-refractivity contribution in [3.05, 3.63) is 24.8 Å². The predicted molar refractivity (Wildman–Crippen MR) is 85.1 cm³/mol. The van der Waals surface area contributed by atoms with Crippen molar-refractivity contribution in [3.63, 3.8) is 0 Å². The molecule has 0 aliphatic heterocycles. The van der Waals surface area contributed by atoms with Crippen LogP contribution in [0.25, 0.3) is 11.4 Å². The lowest BCUT2D eigenvalue weighted by Crippen LogP contribution is -2.46. The average Bonchev–Trinajstić information content (AvgIpc) is 3.08. The topological polar surface area (TPSA) is 134 Å². The molecule has 2 heterocycles. The van der Waals surface area contributed by atoms with Gasteiger partial charge in [0, 0.05) is 20.2 Å². The lowest BCUT2D eigenvalue weighted by molar-refractivity contribution is -0.742. The number of carbonyl (C=O) groups excluding carboxylic acids is 3. The first kappa shape index (κ1) is 23.5. The SMILES string of the molecule is COC(=O)CN(C)C(=O)C[n+]1ccc(-c2ncn(C)n2)cn1.O=C([O-])C(F)(F)F. The van der Waals surface area contributed by atoms with E-state index in [0.29, 0.717) is 5.82 Å². The number of nitrogens with zero attached hydrogens (tertiary/aromatic N) is 6. The first-order valence-corrected chi connectivity index (χ1v) is 7.74. The Morgan fingerprint density at radius 1 is 1.34 bits per heavy atom. The number of methoxy groups -OCH3 is 1. The number of carbonyl (C=O) groups is 3. The molecule has 0 unspecified atom stereocenters. The molecule has 0 radical (unpaired) electrons. The zero-order valence-corrected chi connectivity index (χ0v) is 15.6. The summed E-state index contributed by atoms with van der Waals surface area (Å²) in [6.07, 6.45) is -0.347. The molecule has 2 rings (SSSR count). The van der Waals surface area contributed by atoms with E-state index in [-0.39, 0.29) is 19.0 Å². The van der Waals surface area contributed by atoms with E-state index in [4.69, 9.17) is 9.90 Å². The Morgan fingerprint density at radius 3 is 2.38 bits per heavy atom. The molecule has 14 heteroatoms. The molecular weight excluding hydrogens is 401 g/mol. The molecule has 0 saturated carbocycles. The predicted octanol–water partition coefficient (Wildman–Crippen LogP) is -1.91. The summed E-state index contributed by atoms with van der Waals surface area (Å²) in [4.78, 5) is 37.3. The van der Waals surface area contributed by atoms with Gasteiger partial charge in [-0.25, -0.2) is 4.98 Å². The molecule has 0 spiro atoms. The second-order valence-electron chi connectivity index (χ2n) is 5.47. The maximum Gasteiger partial charge on any atom is 0.430 e. The number of carboxylic acids is 1.